The highest BCUT2D eigenvalue weighted by Crippen LogP contribution is 2.38. The van der Waals surface area contributed by atoms with Crippen LogP contribution >= 0.6 is 11.6 Å². The van der Waals surface area contributed by atoms with Gasteiger partial charge in [0, 0.05) is 31.2 Å². The van der Waals surface area contributed by atoms with Crippen LogP contribution in [0.25, 0.3) is 0 Å². The zero-order valence-electron chi connectivity index (χ0n) is 14.7. The molecule has 2 amide bonds. The largest absolute Gasteiger partial charge is 0.332 e. The molecule has 1 heterocycles. The normalized spacial score (nSPS) is 19.7. The number of halogens is 1. The number of nitrogens with one attached hydrogen (secondary N) is 2. The average Bonchev–Trinajstić information content (AvgIpc) is 3.18. The van der Waals surface area contributed by atoms with E-state index in [1.54, 1.807) is 0 Å². The quantitative estimate of drug-likeness (QED) is 0.745. The number of aryl methyl sites for hydroxylation is 2. The molecule has 4 rings (SSSR count). The molecule has 1 aromatic carbocycles. The molecule has 2 aliphatic carbocycles. The summed E-state index contributed by atoms with van der Waals surface area (Å²) in [5.41, 5.74) is 5.85. The first-order valence-electron chi connectivity index (χ1n) is 9.25. The Balaban J connectivity index is 1.46. The fourth-order valence-corrected chi connectivity index (χ4v) is 5.87. The topological polar surface area (TPSA) is 78.5 Å². The molecule has 1 saturated heterocycles. The van der Waals surface area contributed by atoms with Crippen LogP contribution < -0.4 is 10.0 Å². The standard InChI is InChI=1S/C18H24ClN3O3S/c19-7-8-22-10-14(11-22)26(24,25)21-18(23)20-17-15-5-1-3-12(15)9-13-4-2-6-16(13)17/h9,14H,1-8,10-11H2,(H2,20,21,23). The number of hydrogen-bond donors (Lipinski definition) is 2. The van der Waals surface area contributed by atoms with Crippen molar-refractivity contribution >= 4 is 33.3 Å². The first-order valence-corrected chi connectivity index (χ1v) is 11.3. The number of benzene rings is 1. The summed E-state index contributed by atoms with van der Waals surface area (Å²) in [6.45, 7) is 1.51. The number of urea groups is 1. The molecular weight excluding hydrogens is 374 g/mol. The van der Waals surface area contributed by atoms with Gasteiger partial charge in [-0.1, -0.05) is 6.07 Å². The van der Waals surface area contributed by atoms with Gasteiger partial charge in [0.1, 0.15) is 5.25 Å². The third-order valence-corrected chi connectivity index (χ3v) is 7.52. The fourth-order valence-electron chi connectivity index (χ4n) is 4.34. The Morgan fingerprint density at radius 2 is 1.73 bits per heavy atom. The monoisotopic (exact) mass is 397 g/mol. The highest BCUT2D eigenvalue weighted by Gasteiger charge is 2.38. The van der Waals surface area contributed by atoms with Crippen molar-refractivity contribution in [2.75, 3.05) is 30.8 Å². The number of carbonyl (C=O) groups excluding carboxylic acids is 1. The van der Waals surface area contributed by atoms with E-state index in [4.69, 9.17) is 11.6 Å². The summed E-state index contributed by atoms with van der Waals surface area (Å²) in [6.07, 6.45) is 6.14. The zero-order valence-corrected chi connectivity index (χ0v) is 16.3. The molecule has 1 aliphatic heterocycles. The van der Waals surface area contributed by atoms with Crippen LogP contribution in [0.1, 0.15) is 35.1 Å². The van der Waals surface area contributed by atoms with E-state index in [1.807, 2.05) is 4.90 Å². The molecule has 0 spiro atoms. The maximum atomic E-state index is 12.4. The van der Waals surface area contributed by atoms with Gasteiger partial charge >= 0.3 is 6.03 Å². The Morgan fingerprint density at radius 1 is 1.12 bits per heavy atom. The number of nitrogens with zero attached hydrogens (tertiary/aromatic N) is 1. The third-order valence-electron chi connectivity index (χ3n) is 5.71. The van der Waals surface area contributed by atoms with Crippen molar-refractivity contribution in [3.63, 3.8) is 0 Å². The van der Waals surface area contributed by atoms with Crippen LogP contribution in [0, 0.1) is 0 Å². The third kappa shape index (κ3) is 3.32. The first kappa shape index (κ1) is 18.1. The average molecular weight is 398 g/mol. The van der Waals surface area contributed by atoms with E-state index in [0.29, 0.717) is 25.5 Å². The number of likely N-dealkylation sites (tertiary alicyclic amines) is 1. The van der Waals surface area contributed by atoms with Gasteiger partial charge in [0.15, 0.2) is 0 Å². The Kier molecular flexibility index (Phi) is 4.88. The summed E-state index contributed by atoms with van der Waals surface area (Å²) in [7, 11) is -3.67. The van der Waals surface area contributed by atoms with Crippen LogP contribution in [0.5, 0.6) is 0 Å². The second-order valence-corrected chi connectivity index (χ2v) is 9.74. The molecule has 26 heavy (non-hydrogen) atoms. The molecule has 0 radical (unpaired) electrons. The van der Waals surface area contributed by atoms with E-state index >= 15 is 0 Å². The predicted octanol–water partition coefficient (Wildman–Crippen LogP) is 2.04. The lowest BCUT2D eigenvalue weighted by molar-refractivity contribution is 0.196. The number of amides is 2. The van der Waals surface area contributed by atoms with Gasteiger partial charge in [-0.25, -0.2) is 17.9 Å². The number of hydrogen-bond acceptors (Lipinski definition) is 4. The van der Waals surface area contributed by atoms with E-state index in [9.17, 15) is 13.2 Å². The van der Waals surface area contributed by atoms with E-state index in [0.717, 1.165) is 44.2 Å². The van der Waals surface area contributed by atoms with Crippen molar-refractivity contribution in [3.8, 4) is 0 Å². The second-order valence-electron chi connectivity index (χ2n) is 7.41. The second kappa shape index (κ2) is 7.02. The van der Waals surface area contributed by atoms with Crippen LogP contribution in [-0.4, -0.2) is 50.1 Å². The maximum Gasteiger partial charge on any atom is 0.332 e. The Morgan fingerprint density at radius 3 is 2.31 bits per heavy atom. The molecule has 0 saturated carbocycles. The summed E-state index contributed by atoms with van der Waals surface area (Å²) in [5.74, 6) is 0.477. The van der Waals surface area contributed by atoms with Gasteiger partial charge in [0.05, 0.1) is 0 Å². The van der Waals surface area contributed by atoms with Crippen LogP contribution in [0.15, 0.2) is 6.07 Å². The van der Waals surface area contributed by atoms with Gasteiger partial charge in [-0.05, 0) is 60.8 Å². The van der Waals surface area contributed by atoms with Crippen molar-refractivity contribution in [1.29, 1.82) is 0 Å². The van der Waals surface area contributed by atoms with E-state index in [-0.39, 0.29) is 0 Å². The number of sulfonamides is 1. The van der Waals surface area contributed by atoms with Crippen LogP contribution in [-0.2, 0) is 35.7 Å². The van der Waals surface area contributed by atoms with Gasteiger partial charge in [-0.15, -0.1) is 11.6 Å². The molecule has 0 atom stereocenters. The Bertz CT molecular complexity index is 802. The molecule has 1 fully saturated rings. The minimum absolute atomic E-state index is 0.422. The van der Waals surface area contributed by atoms with Crippen molar-refractivity contribution < 1.29 is 13.2 Å². The van der Waals surface area contributed by atoms with Crippen LogP contribution in [0.4, 0.5) is 10.5 Å². The molecule has 142 valence electrons. The first-order chi connectivity index (χ1) is 12.5. The zero-order chi connectivity index (χ0) is 18.3. The lowest BCUT2D eigenvalue weighted by Gasteiger charge is -2.37. The predicted molar refractivity (Wildman–Crippen MR) is 103 cm³/mol. The molecule has 2 N–H and O–H groups in total. The van der Waals surface area contributed by atoms with Crippen LogP contribution in [0.3, 0.4) is 0 Å². The molecule has 0 aromatic heterocycles. The lowest BCUT2D eigenvalue weighted by Crippen LogP contribution is -2.58. The molecule has 3 aliphatic rings. The number of carbonyl (C=O) groups is 1. The minimum Gasteiger partial charge on any atom is -0.307 e. The van der Waals surface area contributed by atoms with Gasteiger partial charge in [-0.3, -0.25) is 4.90 Å². The summed E-state index contributed by atoms with van der Waals surface area (Å²) in [5, 5.41) is 2.32. The Hall–Kier alpha value is -1.31. The van der Waals surface area contributed by atoms with Gasteiger partial charge < -0.3 is 5.32 Å². The Labute approximate surface area is 159 Å². The van der Waals surface area contributed by atoms with Crippen molar-refractivity contribution in [2.24, 2.45) is 0 Å². The van der Waals surface area contributed by atoms with Crippen LogP contribution in [0.2, 0.25) is 0 Å². The number of anilines is 1. The summed E-state index contributed by atoms with van der Waals surface area (Å²) >= 11 is 5.67. The molecule has 6 nitrogen and oxygen atoms in total. The minimum atomic E-state index is -3.67. The lowest BCUT2D eigenvalue weighted by atomic mass is 9.99. The van der Waals surface area contributed by atoms with Gasteiger partial charge in [0.25, 0.3) is 0 Å². The van der Waals surface area contributed by atoms with E-state index < -0.39 is 21.3 Å². The highest BCUT2D eigenvalue weighted by atomic mass is 35.5. The summed E-state index contributed by atoms with van der Waals surface area (Å²) < 4.78 is 27.0. The number of rotatable bonds is 5. The fraction of sp³-hybridized carbons (Fsp3) is 0.611. The molecule has 1 aromatic rings. The van der Waals surface area contributed by atoms with Crippen molar-refractivity contribution in [2.45, 2.75) is 43.8 Å². The maximum absolute atomic E-state index is 12.4. The van der Waals surface area contributed by atoms with Crippen molar-refractivity contribution in [3.05, 3.63) is 28.3 Å². The summed E-state index contributed by atoms with van der Waals surface area (Å²) in [6, 6.07) is 1.64. The summed E-state index contributed by atoms with van der Waals surface area (Å²) in [4.78, 5) is 14.4. The molecule has 0 unspecified atom stereocenters. The number of alkyl halides is 1. The SMILES string of the molecule is O=C(Nc1c2c(cc3c1CCC3)CCC2)NS(=O)(=O)C1CN(CCCl)C1. The van der Waals surface area contributed by atoms with Gasteiger partial charge in [-0.2, -0.15) is 0 Å². The van der Waals surface area contributed by atoms with Crippen molar-refractivity contribution in [1.82, 2.24) is 9.62 Å². The molecule has 0 bridgehead atoms. The highest BCUT2D eigenvalue weighted by molar-refractivity contribution is 7.90. The van der Waals surface area contributed by atoms with E-state index in [2.05, 4.69) is 16.1 Å². The molecule has 8 heteroatoms. The van der Waals surface area contributed by atoms with E-state index in [1.165, 1.54) is 22.3 Å². The molecular formula is C18H24ClN3O3S. The number of fused-ring (bicyclic) bond motifs is 2. The smallest absolute Gasteiger partial charge is 0.307 e. The van der Waals surface area contributed by atoms with Gasteiger partial charge in [0.2, 0.25) is 10.0 Å².